The molecule has 21 heavy (non-hydrogen) atoms. The second-order valence-corrected chi connectivity index (χ2v) is 5.82. The minimum Gasteiger partial charge on any atom is -0.370 e. The number of nitrogens with zero attached hydrogens (tertiary/aromatic N) is 2. The Labute approximate surface area is 131 Å². The molecule has 1 atom stereocenters. The fourth-order valence-corrected chi connectivity index (χ4v) is 2.65. The van der Waals surface area contributed by atoms with Gasteiger partial charge in [-0.15, -0.1) is 0 Å². The summed E-state index contributed by atoms with van der Waals surface area (Å²) >= 11 is 3.42. The highest BCUT2D eigenvalue weighted by atomic mass is 79.9. The van der Waals surface area contributed by atoms with Crippen LogP contribution in [0.25, 0.3) is 0 Å². The predicted molar refractivity (Wildman–Crippen MR) is 83.0 cm³/mol. The number of carbonyl (C=O) groups is 1. The lowest BCUT2D eigenvalue weighted by Crippen LogP contribution is -2.42. The van der Waals surface area contributed by atoms with Crippen LogP contribution in [0.3, 0.4) is 0 Å². The smallest absolute Gasteiger partial charge is 0.255 e. The summed E-state index contributed by atoms with van der Waals surface area (Å²) in [5.74, 6) is 0.00788. The van der Waals surface area contributed by atoms with E-state index >= 15 is 0 Å². The Bertz CT molecular complexity index is 616. The molecular weight excluding hydrogens is 332 g/mol. The molecule has 1 aromatic carbocycles. The number of benzene rings is 1. The molecule has 3 rings (SSSR count). The number of aromatic nitrogens is 1. The number of rotatable bonds is 2. The van der Waals surface area contributed by atoms with E-state index in [1.807, 2.05) is 29.2 Å². The van der Waals surface area contributed by atoms with Crippen molar-refractivity contribution in [1.82, 2.24) is 9.88 Å². The number of carbonyl (C=O) groups excluding carboxylic acids is 1. The van der Waals surface area contributed by atoms with Gasteiger partial charge in [0.2, 0.25) is 0 Å². The van der Waals surface area contributed by atoms with Crippen molar-refractivity contribution in [2.45, 2.75) is 6.10 Å². The van der Waals surface area contributed by atoms with Gasteiger partial charge < -0.3 is 9.64 Å². The van der Waals surface area contributed by atoms with Crippen molar-refractivity contribution >= 4 is 21.8 Å². The van der Waals surface area contributed by atoms with Gasteiger partial charge in [-0.1, -0.05) is 28.1 Å². The standard InChI is InChI=1S/C16H15BrN2O2/c17-14-5-3-12(4-6-14)15-11-19(8-9-21-15)16(20)13-2-1-7-18-10-13/h1-7,10,15H,8-9,11H2. The Hall–Kier alpha value is -1.72. The van der Waals surface area contributed by atoms with Crippen molar-refractivity contribution in [3.05, 3.63) is 64.4 Å². The zero-order valence-corrected chi connectivity index (χ0v) is 13.0. The van der Waals surface area contributed by atoms with Crippen LogP contribution in [0.4, 0.5) is 0 Å². The lowest BCUT2D eigenvalue weighted by atomic mass is 10.1. The minimum absolute atomic E-state index is 0.00788. The molecule has 5 heteroatoms. The van der Waals surface area contributed by atoms with Gasteiger partial charge in [0.25, 0.3) is 5.91 Å². The summed E-state index contributed by atoms with van der Waals surface area (Å²) in [6.45, 7) is 1.73. The van der Waals surface area contributed by atoms with Crippen molar-refractivity contribution in [3.8, 4) is 0 Å². The van der Waals surface area contributed by atoms with Crippen LogP contribution in [0.2, 0.25) is 0 Å². The molecule has 0 saturated carbocycles. The molecule has 1 amide bonds. The van der Waals surface area contributed by atoms with Gasteiger partial charge in [-0.2, -0.15) is 0 Å². The summed E-state index contributed by atoms with van der Waals surface area (Å²) in [4.78, 5) is 18.3. The molecule has 0 N–H and O–H groups in total. The van der Waals surface area contributed by atoms with Crippen LogP contribution < -0.4 is 0 Å². The highest BCUT2D eigenvalue weighted by Gasteiger charge is 2.26. The molecule has 1 aliphatic heterocycles. The van der Waals surface area contributed by atoms with E-state index in [1.54, 1.807) is 24.5 Å². The summed E-state index contributed by atoms with van der Waals surface area (Å²) in [7, 11) is 0. The summed E-state index contributed by atoms with van der Waals surface area (Å²) in [6, 6.07) is 11.6. The lowest BCUT2D eigenvalue weighted by Gasteiger charge is -2.33. The zero-order chi connectivity index (χ0) is 14.7. The minimum atomic E-state index is -0.0764. The third kappa shape index (κ3) is 3.31. The van der Waals surface area contributed by atoms with Crippen LogP contribution in [0.1, 0.15) is 22.0 Å². The number of halogens is 1. The van der Waals surface area contributed by atoms with Crippen molar-refractivity contribution in [2.24, 2.45) is 0 Å². The Morgan fingerprint density at radius 2 is 2.10 bits per heavy atom. The highest BCUT2D eigenvalue weighted by molar-refractivity contribution is 9.10. The Balaban J connectivity index is 1.74. The molecule has 0 aliphatic carbocycles. The van der Waals surface area contributed by atoms with Gasteiger partial charge >= 0.3 is 0 Å². The summed E-state index contributed by atoms with van der Waals surface area (Å²) < 4.78 is 6.83. The molecule has 2 aromatic rings. The molecule has 1 saturated heterocycles. The molecule has 1 fully saturated rings. The van der Waals surface area contributed by atoms with E-state index < -0.39 is 0 Å². The highest BCUT2D eigenvalue weighted by Crippen LogP contribution is 2.24. The SMILES string of the molecule is O=C(c1cccnc1)N1CCOC(c2ccc(Br)cc2)C1. The molecular formula is C16H15BrN2O2. The first-order valence-electron chi connectivity index (χ1n) is 6.80. The fraction of sp³-hybridized carbons (Fsp3) is 0.250. The maximum atomic E-state index is 12.5. The fourth-order valence-electron chi connectivity index (χ4n) is 2.38. The third-order valence-corrected chi connectivity index (χ3v) is 4.03. The first-order chi connectivity index (χ1) is 10.2. The Morgan fingerprint density at radius 1 is 1.29 bits per heavy atom. The van der Waals surface area contributed by atoms with Gasteiger partial charge in [0, 0.05) is 23.4 Å². The monoisotopic (exact) mass is 346 g/mol. The number of hydrogen-bond donors (Lipinski definition) is 0. The maximum absolute atomic E-state index is 12.5. The van der Waals surface area contributed by atoms with Gasteiger partial charge in [0.1, 0.15) is 6.10 Å². The van der Waals surface area contributed by atoms with Crippen molar-refractivity contribution in [2.75, 3.05) is 19.7 Å². The van der Waals surface area contributed by atoms with E-state index in [0.29, 0.717) is 25.3 Å². The third-order valence-electron chi connectivity index (χ3n) is 3.50. The van der Waals surface area contributed by atoms with E-state index in [1.165, 1.54) is 0 Å². The lowest BCUT2D eigenvalue weighted by molar-refractivity contribution is -0.0228. The van der Waals surface area contributed by atoms with Gasteiger partial charge in [-0.05, 0) is 29.8 Å². The molecule has 4 nitrogen and oxygen atoms in total. The first-order valence-corrected chi connectivity index (χ1v) is 7.60. The molecule has 108 valence electrons. The van der Waals surface area contributed by atoms with E-state index in [0.717, 1.165) is 10.0 Å². The maximum Gasteiger partial charge on any atom is 0.255 e. The Morgan fingerprint density at radius 3 is 2.81 bits per heavy atom. The molecule has 0 spiro atoms. The number of amides is 1. The zero-order valence-electron chi connectivity index (χ0n) is 11.4. The molecule has 1 aromatic heterocycles. The van der Waals surface area contributed by atoms with Crippen LogP contribution in [0, 0.1) is 0 Å². The first kappa shape index (κ1) is 14.2. The largest absolute Gasteiger partial charge is 0.370 e. The van der Waals surface area contributed by atoms with E-state index in [-0.39, 0.29) is 12.0 Å². The second-order valence-electron chi connectivity index (χ2n) is 4.90. The molecule has 1 unspecified atom stereocenters. The Kier molecular flexibility index (Phi) is 4.31. The van der Waals surface area contributed by atoms with E-state index in [4.69, 9.17) is 4.74 Å². The average Bonchev–Trinajstić information content (AvgIpc) is 2.56. The van der Waals surface area contributed by atoms with Crippen molar-refractivity contribution in [3.63, 3.8) is 0 Å². The van der Waals surface area contributed by atoms with Crippen LogP contribution in [-0.4, -0.2) is 35.5 Å². The quantitative estimate of drug-likeness (QED) is 0.839. The normalized spacial score (nSPS) is 18.5. The topological polar surface area (TPSA) is 42.4 Å². The van der Waals surface area contributed by atoms with E-state index in [9.17, 15) is 4.79 Å². The van der Waals surface area contributed by atoms with Crippen LogP contribution >= 0.6 is 15.9 Å². The van der Waals surface area contributed by atoms with Gasteiger partial charge in [-0.3, -0.25) is 9.78 Å². The number of pyridine rings is 1. The van der Waals surface area contributed by atoms with E-state index in [2.05, 4.69) is 20.9 Å². The number of hydrogen-bond acceptors (Lipinski definition) is 3. The predicted octanol–water partition coefficient (Wildman–Crippen LogP) is 3.06. The van der Waals surface area contributed by atoms with Crippen LogP contribution in [0.5, 0.6) is 0 Å². The summed E-state index contributed by atoms with van der Waals surface area (Å²) in [6.07, 6.45) is 3.19. The molecule has 0 radical (unpaired) electrons. The van der Waals surface area contributed by atoms with Crippen LogP contribution in [0.15, 0.2) is 53.3 Å². The van der Waals surface area contributed by atoms with Gasteiger partial charge in [0.05, 0.1) is 18.7 Å². The summed E-state index contributed by atoms with van der Waals surface area (Å²) in [5.41, 5.74) is 1.70. The van der Waals surface area contributed by atoms with Crippen molar-refractivity contribution < 1.29 is 9.53 Å². The van der Waals surface area contributed by atoms with Crippen LogP contribution in [-0.2, 0) is 4.74 Å². The number of morpholine rings is 1. The average molecular weight is 347 g/mol. The van der Waals surface area contributed by atoms with Crippen molar-refractivity contribution in [1.29, 1.82) is 0 Å². The van der Waals surface area contributed by atoms with Gasteiger partial charge in [-0.25, -0.2) is 0 Å². The number of ether oxygens (including phenoxy) is 1. The molecule has 0 bridgehead atoms. The molecule has 1 aliphatic rings. The molecule has 2 heterocycles. The van der Waals surface area contributed by atoms with Gasteiger partial charge in [0.15, 0.2) is 0 Å². The summed E-state index contributed by atoms with van der Waals surface area (Å²) in [5, 5.41) is 0. The second kappa shape index (κ2) is 6.37.